The molecule has 2 saturated carbocycles. The van der Waals surface area contributed by atoms with E-state index in [-0.39, 0.29) is 16.9 Å². The Balaban J connectivity index is 0.000000948. The molecule has 0 aromatic carbocycles. The second kappa shape index (κ2) is 7.04. The predicted molar refractivity (Wildman–Crippen MR) is 106 cm³/mol. The molecule has 4 aliphatic rings. The SMILES string of the molecule is CC.CC(=O)C1CCC2C3CC(C)N4CC(=O)CCC4(C)C3CCC12C. The van der Waals surface area contributed by atoms with Crippen molar-refractivity contribution in [2.75, 3.05) is 6.54 Å². The monoisotopic (exact) mass is 361 g/mol. The number of hydrogen-bond donors (Lipinski definition) is 0. The van der Waals surface area contributed by atoms with Crippen molar-refractivity contribution >= 4 is 11.6 Å². The van der Waals surface area contributed by atoms with E-state index < -0.39 is 0 Å². The highest BCUT2D eigenvalue weighted by Gasteiger charge is 2.61. The van der Waals surface area contributed by atoms with Gasteiger partial charge >= 0.3 is 0 Å². The number of hydrogen-bond acceptors (Lipinski definition) is 3. The predicted octanol–water partition coefficient (Wildman–Crippen LogP) is 4.88. The highest BCUT2D eigenvalue weighted by molar-refractivity contribution is 5.81. The van der Waals surface area contributed by atoms with E-state index in [1.165, 1.54) is 25.7 Å². The van der Waals surface area contributed by atoms with E-state index in [0.29, 0.717) is 36.0 Å². The summed E-state index contributed by atoms with van der Waals surface area (Å²) in [6.07, 6.45) is 7.82. The van der Waals surface area contributed by atoms with Crippen molar-refractivity contribution in [3.8, 4) is 0 Å². The zero-order valence-corrected chi connectivity index (χ0v) is 17.8. The van der Waals surface area contributed by atoms with Crippen molar-refractivity contribution in [2.24, 2.45) is 29.1 Å². The fourth-order valence-corrected chi connectivity index (χ4v) is 7.62. The third kappa shape index (κ3) is 2.80. The fourth-order valence-electron chi connectivity index (χ4n) is 7.62. The van der Waals surface area contributed by atoms with Crippen molar-refractivity contribution < 1.29 is 9.59 Å². The van der Waals surface area contributed by atoms with Gasteiger partial charge in [-0.05, 0) is 82.5 Å². The molecular weight excluding hydrogens is 322 g/mol. The summed E-state index contributed by atoms with van der Waals surface area (Å²) in [6, 6.07) is 0.499. The number of carbonyl (C=O) groups is 2. The first-order valence-corrected chi connectivity index (χ1v) is 11.1. The van der Waals surface area contributed by atoms with Crippen LogP contribution in [0, 0.1) is 29.1 Å². The zero-order chi connectivity index (χ0) is 19.3. The molecule has 0 aromatic rings. The molecule has 0 bridgehead atoms. The van der Waals surface area contributed by atoms with Gasteiger partial charge in [0.2, 0.25) is 0 Å². The Hall–Kier alpha value is -0.700. The minimum atomic E-state index is 0.200. The molecule has 0 spiro atoms. The Morgan fingerprint density at radius 2 is 1.77 bits per heavy atom. The van der Waals surface area contributed by atoms with Crippen LogP contribution in [0.1, 0.15) is 86.5 Å². The van der Waals surface area contributed by atoms with Crippen molar-refractivity contribution in [3.63, 3.8) is 0 Å². The first-order valence-electron chi connectivity index (χ1n) is 11.1. The molecule has 3 nitrogen and oxygen atoms in total. The van der Waals surface area contributed by atoms with E-state index >= 15 is 0 Å². The molecule has 2 saturated heterocycles. The molecule has 2 aliphatic heterocycles. The summed E-state index contributed by atoms with van der Waals surface area (Å²) in [5.41, 5.74) is 0.432. The number of ketones is 2. The van der Waals surface area contributed by atoms with Gasteiger partial charge in [0.05, 0.1) is 6.54 Å². The van der Waals surface area contributed by atoms with Gasteiger partial charge in [-0.2, -0.15) is 0 Å². The van der Waals surface area contributed by atoms with Gasteiger partial charge < -0.3 is 0 Å². The smallest absolute Gasteiger partial charge is 0.146 e. The van der Waals surface area contributed by atoms with Gasteiger partial charge in [-0.15, -0.1) is 0 Å². The largest absolute Gasteiger partial charge is 0.300 e. The lowest BCUT2D eigenvalue weighted by atomic mass is 9.50. The minimum absolute atomic E-state index is 0.200. The molecular formula is C23H39NO2. The van der Waals surface area contributed by atoms with Gasteiger partial charge in [0.15, 0.2) is 0 Å². The molecule has 3 heteroatoms. The summed E-state index contributed by atoms with van der Waals surface area (Å²) < 4.78 is 0. The molecule has 7 atom stereocenters. The number of nitrogens with zero attached hydrogens (tertiary/aromatic N) is 1. The van der Waals surface area contributed by atoms with Crippen molar-refractivity contribution in [1.29, 1.82) is 0 Å². The van der Waals surface area contributed by atoms with Gasteiger partial charge in [-0.1, -0.05) is 20.8 Å². The highest BCUT2D eigenvalue weighted by atomic mass is 16.1. The van der Waals surface area contributed by atoms with Crippen LogP contribution in [-0.4, -0.2) is 34.6 Å². The average molecular weight is 362 g/mol. The maximum Gasteiger partial charge on any atom is 0.146 e. The third-order valence-corrected chi connectivity index (χ3v) is 8.78. The van der Waals surface area contributed by atoms with Crippen LogP contribution in [-0.2, 0) is 9.59 Å². The molecule has 26 heavy (non-hydrogen) atoms. The lowest BCUT2D eigenvalue weighted by molar-refractivity contribution is -0.155. The summed E-state index contributed by atoms with van der Waals surface area (Å²) in [4.78, 5) is 26.8. The van der Waals surface area contributed by atoms with Crippen LogP contribution in [0.2, 0.25) is 0 Å². The molecule has 0 N–H and O–H groups in total. The Labute approximate surface area is 160 Å². The third-order valence-electron chi connectivity index (χ3n) is 8.78. The Morgan fingerprint density at radius 1 is 1.08 bits per heavy atom. The zero-order valence-electron chi connectivity index (χ0n) is 17.8. The van der Waals surface area contributed by atoms with Crippen LogP contribution in [0.25, 0.3) is 0 Å². The number of piperidine rings is 2. The number of fused-ring (bicyclic) bond motifs is 5. The van der Waals surface area contributed by atoms with E-state index in [1.54, 1.807) is 0 Å². The number of rotatable bonds is 1. The highest BCUT2D eigenvalue weighted by Crippen LogP contribution is 2.64. The van der Waals surface area contributed by atoms with Crippen LogP contribution >= 0.6 is 0 Å². The van der Waals surface area contributed by atoms with E-state index in [0.717, 1.165) is 25.2 Å². The Morgan fingerprint density at radius 3 is 2.42 bits per heavy atom. The fraction of sp³-hybridized carbons (Fsp3) is 0.913. The Bertz CT molecular complexity index is 573. The normalized spacial score (nSPS) is 47.9. The van der Waals surface area contributed by atoms with Gasteiger partial charge in [0.1, 0.15) is 11.6 Å². The van der Waals surface area contributed by atoms with E-state index in [4.69, 9.17) is 0 Å². The molecule has 4 fully saturated rings. The molecule has 0 radical (unpaired) electrons. The molecule has 0 aromatic heterocycles. The molecule has 2 heterocycles. The van der Waals surface area contributed by atoms with Crippen LogP contribution < -0.4 is 0 Å². The van der Waals surface area contributed by atoms with Crippen LogP contribution in [0.4, 0.5) is 0 Å². The summed E-state index contributed by atoms with van der Waals surface area (Å²) in [5.74, 6) is 3.30. The van der Waals surface area contributed by atoms with Gasteiger partial charge in [0.25, 0.3) is 0 Å². The summed E-state index contributed by atoms with van der Waals surface area (Å²) in [6.45, 7) is 13.7. The molecule has 148 valence electrons. The second-order valence-electron chi connectivity index (χ2n) is 9.77. The first kappa shape index (κ1) is 20.0. The number of Topliss-reactive ketones (excluding diaryl/α,β-unsaturated/α-hetero) is 2. The van der Waals surface area contributed by atoms with Gasteiger partial charge in [-0.3, -0.25) is 14.5 Å². The lowest BCUT2D eigenvalue weighted by Gasteiger charge is -2.63. The maximum atomic E-state index is 12.2. The van der Waals surface area contributed by atoms with Crippen molar-refractivity contribution in [2.45, 2.75) is 98.1 Å². The Kier molecular flexibility index (Phi) is 5.42. The average Bonchev–Trinajstić information content (AvgIpc) is 2.96. The lowest BCUT2D eigenvalue weighted by Crippen LogP contribution is -2.67. The van der Waals surface area contributed by atoms with Crippen LogP contribution in [0.3, 0.4) is 0 Å². The molecule has 4 rings (SSSR count). The van der Waals surface area contributed by atoms with E-state index in [9.17, 15) is 9.59 Å². The number of carbonyl (C=O) groups excluding carboxylic acids is 2. The first-order chi connectivity index (χ1) is 12.3. The topological polar surface area (TPSA) is 37.4 Å². The second-order valence-corrected chi connectivity index (χ2v) is 9.77. The summed E-state index contributed by atoms with van der Waals surface area (Å²) >= 11 is 0. The van der Waals surface area contributed by atoms with Crippen molar-refractivity contribution in [3.05, 3.63) is 0 Å². The minimum Gasteiger partial charge on any atom is -0.300 e. The summed E-state index contributed by atoms with van der Waals surface area (Å²) in [5, 5.41) is 0. The van der Waals surface area contributed by atoms with Crippen molar-refractivity contribution in [1.82, 2.24) is 4.90 Å². The maximum absolute atomic E-state index is 12.2. The molecule has 2 aliphatic carbocycles. The molecule has 0 amide bonds. The quantitative estimate of drug-likeness (QED) is 0.668. The van der Waals surface area contributed by atoms with Gasteiger partial charge in [-0.25, -0.2) is 0 Å². The van der Waals surface area contributed by atoms with Crippen LogP contribution in [0.5, 0.6) is 0 Å². The summed E-state index contributed by atoms with van der Waals surface area (Å²) in [7, 11) is 0. The molecule has 7 unspecified atom stereocenters. The van der Waals surface area contributed by atoms with Gasteiger partial charge in [0, 0.05) is 23.9 Å². The van der Waals surface area contributed by atoms with E-state index in [2.05, 4.69) is 25.7 Å². The van der Waals surface area contributed by atoms with Crippen LogP contribution in [0.15, 0.2) is 0 Å². The van der Waals surface area contributed by atoms with E-state index in [1.807, 2.05) is 20.8 Å². The standard InChI is InChI=1S/C21H33NO2.C2H6/c1-13-11-16-18-6-5-17(14(2)23)20(18,3)9-8-19(16)21(4)10-7-15(24)12-22(13)21;1-2/h13,16-19H,5-12H2,1-4H3;1-2H3.